The van der Waals surface area contributed by atoms with Crippen LogP contribution in [0.25, 0.3) is 5.57 Å². The molecule has 32 heavy (non-hydrogen) atoms. The van der Waals surface area contributed by atoms with Crippen molar-refractivity contribution < 1.29 is 27.8 Å². The summed E-state index contributed by atoms with van der Waals surface area (Å²) in [6.07, 6.45) is -1.46. The van der Waals surface area contributed by atoms with Crippen LogP contribution in [0.4, 0.5) is 13.2 Å². The Hall–Kier alpha value is -2.87. The molecule has 8 heteroatoms. The molecule has 2 heterocycles. The fourth-order valence-electron chi connectivity index (χ4n) is 4.33. The number of aliphatic carboxylic acids is 1. The number of ether oxygens (including phenoxy) is 1. The number of rotatable bonds is 6. The number of aromatic nitrogens is 1. The highest BCUT2D eigenvalue weighted by atomic mass is 19.4. The van der Waals surface area contributed by atoms with Crippen LogP contribution in [0.3, 0.4) is 0 Å². The van der Waals surface area contributed by atoms with Gasteiger partial charge in [-0.05, 0) is 67.2 Å². The van der Waals surface area contributed by atoms with Gasteiger partial charge in [0.2, 0.25) is 0 Å². The van der Waals surface area contributed by atoms with E-state index in [2.05, 4.69) is 16.8 Å². The van der Waals surface area contributed by atoms with Crippen LogP contribution in [-0.4, -0.2) is 40.6 Å². The molecule has 1 saturated heterocycles. The highest BCUT2D eigenvalue weighted by molar-refractivity contribution is 5.73. The molecule has 170 valence electrons. The van der Waals surface area contributed by atoms with Crippen LogP contribution in [0.1, 0.15) is 41.3 Å². The van der Waals surface area contributed by atoms with Crippen molar-refractivity contribution in [2.24, 2.45) is 5.92 Å². The van der Waals surface area contributed by atoms with E-state index in [4.69, 9.17) is 9.84 Å². The molecule has 1 fully saturated rings. The number of nitrogens with zero attached hydrogens (tertiary/aromatic N) is 2. The van der Waals surface area contributed by atoms with Crippen LogP contribution in [0.15, 0.2) is 36.0 Å². The van der Waals surface area contributed by atoms with Gasteiger partial charge < -0.3 is 9.84 Å². The van der Waals surface area contributed by atoms with Crippen LogP contribution in [0.2, 0.25) is 0 Å². The number of carboxylic acids is 1. The van der Waals surface area contributed by atoms with Crippen molar-refractivity contribution in [3.63, 3.8) is 0 Å². The van der Waals surface area contributed by atoms with E-state index in [1.165, 1.54) is 24.3 Å². The van der Waals surface area contributed by atoms with Crippen molar-refractivity contribution >= 4 is 11.5 Å². The topological polar surface area (TPSA) is 62.7 Å². The van der Waals surface area contributed by atoms with Gasteiger partial charge >= 0.3 is 12.1 Å². The highest BCUT2D eigenvalue weighted by Crippen LogP contribution is 2.35. The first-order valence-electron chi connectivity index (χ1n) is 10.5. The fraction of sp³-hybridized carbons (Fsp3) is 0.417. The molecule has 0 unspecified atom stereocenters. The number of fused-ring (bicyclic) bond motifs is 1. The number of carbonyl (C=O) groups is 1. The average Bonchev–Trinajstić information content (AvgIpc) is 2.70. The van der Waals surface area contributed by atoms with Crippen molar-refractivity contribution in [3.8, 4) is 5.75 Å². The molecule has 0 spiro atoms. The Morgan fingerprint density at radius 2 is 1.97 bits per heavy atom. The molecule has 0 amide bonds. The third-order valence-electron chi connectivity index (χ3n) is 6.28. The molecule has 4 rings (SSSR count). The maximum Gasteiger partial charge on any atom is 0.416 e. The summed E-state index contributed by atoms with van der Waals surface area (Å²) in [7, 11) is 0. The van der Waals surface area contributed by atoms with Gasteiger partial charge in [0.25, 0.3) is 0 Å². The van der Waals surface area contributed by atoms with Gasteiger partial charge in [0, 0.05) is 25.8 Å². The maximum atomic E-state index is 13.1. The molecule has 0 bridgehead atoms. The van der Waals surface area contributed by atoms with Gasteiger partial charge in [-0.2, -0.15) is 13.2 Å². The van der Waals surface area contributed by atoms with Crippen molar-refractivity contribution in [2.45, 2.75) is 39.5 Å². The first-order valence-corrected chi connectivity index (χ1v) is 10.5. The van der Waals surface area contributed by atoms with E-state index in [0.29, 0.717) is 18.8 Å². The first kappa shape index (κ1) is 22.3. The molecule has 0 atom stereocenters. The highest BCUT2D eigenvalue weighted by Gasteiger charge is 2.34. The van der Waals surface area contributed by atoms with E-state index in [1.54, 1.807) is 0 Å². The summed E-state index contributed by atoms with van der Waals surface area (Å²) in [5, 5.41) is 9.04. The normalized spacial score (nSPS) is 17.2. The van der Waals surface area contributed by atoms with Crippen molar-refractivity contribution in [1.82, 2.24) is 9.88 Å². The predicted octanol–water partition coefficient (Wildman–Crippen LogP) is 4.72. The van der Waals surface area contributed by atoms with Gasteiger partial charge in [-0.15, -0.1) is 0 Å². The molecule has 2 aliphatic rings. The van der Waals surface area contributed by atoms with E-state index in [1.807, 2.05) is 18.2 Å². The Balaban J connectivity index is 1.42. The SMILES string of the molecule is CC1=C(CN2CC(C(=O)O)C2)CCc2cc(OCc3cc(C(F)(F)F)c(C)cn3)ccc21. The summed E-state index contributed by atoms with van der Waals surface area (Å²) >= 11 is 0. The van der Waals surface area contributed by atoms with Gasteiger partial charge in [0.15, 0.2) is 0 Å². The fourth-order valence-corrected chi connectivity index (χ4v) is 4.33. The van der Waals surface area contributed by atoms with Crippen LogP contribution in [0, 0.1) is 12.8 Å². The number of hydrogen-bond acceptors (Lipinski definition) is 4. The summed E-state index contributed by atoms with van der Waals surface area (Å²) < 4.78 is 45.1. The summed E-state index contributed by atoms with van der Waals surface area (Å²) in [5.41, 5.74) is 4.43. The summed E-state index contributed by atoms with van der Waals surface area (Å²) in [5.74, 6) is -0.395. The van der Waals surface area contributed by atoms with Crippen LogP contribution < -0.4 is 4.74 Å². The second-order valence-corrected chi connectivity index (χ2v) is 8.55. The van der Waals surface area contributed by atoms with Crippen LogP contribution >= 0.6 is 0 Å². The number of allylic oxidation sites excluding steroid dienone is 1. The van der Waals surface area contributed by atoms with E-state index in [-0.39, 0.29) is 23.8 Å². The molecule has 0 saturated carbocycles. The summed E-state index contributed by atoms with van der Waals surface area (Å²) in [6.45, 7) is 5.40. The summed E-state index contributed by atoms with van der Waals surface area (Å²) in [6, 6.07) is 6.80. The molecule has 0 radical (unpaired) electrons. The maximum absolute atomic E-state index is 13.1. The number of hydrogen-bond donors (Lipinski definition) is 1. The van der Waals surface area contributed by atoms with Crippen molar-refractivity contribution in [1.29, 1.82) is 0 Å². The van der Waals surface area contributed by atoms with E-state index >= 15 is 0 Å². The van der Waals surface area contributed by atoms with Crippen molar-refractivity contribution in [2.75, 3.05) is 19.6 Å². The average molecular weight is 446 g/mol. The standard InChI is InChI=1S/C24H25F3N2O3/c1-14-9-28-19(8-22(14)24(25,26)27)13-32-20-5-6-21-15(2)17(4-3-16(21)7-20)10-29-11-18(12-29)23(30)31/h5-9,18H,3-4,10-13H2,1-2H3,(H,30,31). The molecular weight excluding hydrogens is 421 g/mol. The van der Waals surface area contributed by atoms with Gasteiger partial charge in [-0.3, -0.25) is 14.7 Å². The zero-order valence-corrected chi connectivity index (χ0v) is 18.0. The lowest BCUT2D eigenvalue weighted by atomic mass is 9.85. The molecule has 5 nitrogen and oxygen atoms in total. The van der Waals surface area contributed by atoms with E-state index in [9.17, 15) is 18.0 Å². The number of halogens is 3. The zero-order chi connectivity index (χ0) is 23.0. The smallest absolute Gasteiger partial charge is 0.416 e. The van der Waals surface area contributed by atoms with Gasteiger partial charge in [-0.25, -0.2) is 0 Å². The lowest BCUT2D eigenvalue weighted by molar-refractivity contribution is -0.147. The Bertz CT molecular complexity index is 1070. The third-order valence-corrected chi connectivity index (χ3v) is 6.28. The second kappa shape index (κ2) is 8.58. The van der Waals surface area contributed by atoms with E-state index < -0.39 is 17.7 Å². The van der Waals surface area contributed by atoms with Crippen LogP contribution in [0.5, 0.6) is 5.75 Å². The third kappa shape index (κ3) is 4.65. The lowest BCUT2D eigenvalue weighted by Crippen LogP contribution is -2.50. The largest absolute Gasteiger partial charge is 0.487 e. The van der Waals surface area contributed by atoms with Gasteiger partial charge in [-0.1, -0.05) is 11.6 Å². The number of benzene rings is 1. The number of likely N-dealkylation sites (tertiary alicyclic amines) is 1. The molecule has 1 aromatic heterocycles. The van der Waals surface area contributed by atoms with E-state index in [0.717, 1.165) is 36.6 Å². The Morgan fingerprint density at radius 3 is 2.66 bits per heavy atom. The monoisotopic (exact) mass is 446 g/mol. The molecule has 1 aliphatic heterocycles. The number of alkyl halides is 3. The number of pyridine rings is 1. The van der Waals surface area contributed by atoms with Gasteiger partial charge in [0.1, 0.15) is 12.4 Å². The minimum atomic E-state index is -4.42. The number of aryl methyl sites for hydroxylation is 2. The zero-order valence-electron chi connectivity index (χ0n) is 18.0. The van der Waals surface area contributed by atoms with Crippen LogP contribution in [-0.2, 0) is 24.0 Å². The Labute approximate surface area is 184 Å². The molecule has 1 aromatic carbocycles. The predicted molar refractivity (Wildman–Crippen MR) is 113 cm³/mol. The van der Waals surface area contributed by atoms with Crippen molar-refractivity contribution in [3.05, 3.63) is 64.0 Å². The molecule has 1 aliphatic carbocycles. The Morgan fingerprint density at radius 1 is 1.22 bits per heavy atom. The molecule has 2 aromatic rings. The lowest BCUT2D eigenvalue weighted by Gasteiger charge is -2.38. The van der Waals surface area contributed by atoms with Gasteiger partial charge in [0.05, 0.1) is 17.2 Å². The number of carboxylic acid groups (broad SMARTS) is 1. The minimum Gasteiger partial charge on any atom is -0.487 e. The molecule has 1 N–H and O–H groups in total. The first-order chi connectivity index (χ1) is 15.1. The minimum absolute atomic E-state index is 0.0398. The summed E-state index contributed by atoms with van der Waals surface area (Å²) in [4.78, 5) is 17.2. The second-order valence-electron chi connectivity index (χ2n) is 8.55. The quantitative estimate of drug-likeness (QED) is 0.696. The Kier molecular flexibility index (Phi) is 5.99. The molecular formula is C24H25F3N2O3.